The molecule has 140 valence electrons. The molecule has 2 N–H and O–H groups in total. The number of carboxylic acid groups (broad SMARTS) is 1. The summed E-state index contributed by atoms with van der Waals surface area (Å²) in [6, 6.07) is 12.2. The lowest BCUT2D eigenvalue weighted by molar-refractivity contribution is 0.0696. The molecular weight excluding hydrogens is 348 g/mol. The molecule has 7 nitrogen and oxygen atoms in total. The van der Waals surface area contributed by atoms with Crippen molar-refractivity contribution < 1.29 is 24.2 Å². The Morgan fingerprint density at radius 1 is 1.11 bits per heavy atom. The SMILES string of the molecule is O=C(O)c1ccc(CNC(=O)N2CCCC2c2ccc3c(c2)OCO3)cc1. The number of likely N-dealkylation sites (tertiary alicyclic amines) is 1. The van der Waals surface area contributed by atoms with Gasteiger partial charge in [0.2, 0.25) is 6.79 Å². The predicted molar refractivity (Wildman–Crippen MR) is 96.9 cm³/mol. The number of hydrogen-bond donors (Lipinski definition) is 2. The quantitative estimate of drug-likeness (QED) is 0.865. The smallest absolute Gasteiger partial charge is 0.335 e. The van der Waals surface area contributed by atoms with Gasteiger partial charge < -0.3 is 24.8 Å². The normalized spacial score (nSPS) is 17.8. The van der Waals surface area contributed by atoms with E-state index in [4.69, 9.17) is 14.6 Å². The van der Waals surface area contributed by atoms with Gasteiger partial charge in [-0.15, -0.1) is 0 Å². The Kier molecular flexibility index (Phi) is 4.58. The van der Waals surface area contributed by atoms with Crippen molar-refractivity contribution in [3.05, 3.63) is 59.2 Å². The molecule has 2 aromatic carbocycles. The fourth-order valence-corrected chi connectivity index (χ4v) is 3.52. The number of hydrogen-bond acceptors (Lipinski definition) is 4. The minimum Gasteiger partial charge on any atom is -0.478 e. The van der Waals surface area contributed by atoms with Gasteiger partial charge in [0, 0.05) is 13.1 Å². The van der Waals surface area contributed by atoms with Gasteiger partial charge in [-0.05, 0) is 48.2 Å². The van der Waals surface area contributed by atoms with Crippen molar-refractivity contribution in [3.8, 4) is 11.5 Å². The van der Waals surface area contributed by atoms with E-state index in [-0.39, 0.29) is 24.4 Å². The van der Waals surface area contributed by atoms with E-state index in [9.17, 15) is 9.59 Å². The standard InChI is InChI=1S/C20H20N2O5/c23-19(24)14-5-3-13(4-6-14)11-21-20(25)22-9-1-2-16(22)15-7-8-17-18(10-15)27-12-26-17/h3-8,10,16H,1-2,9,11-12H2,(H,21,25)(H,23,24). The first-order chi connectivity index (χ1) is 13.1. The van der Waals surface area contributed by atoms with E-state index >= 15 is 0 Å². The highest BCUT2D eigenvalue weighted by molar-refractivity contribution is 5.87. The van der Waals surface area contributed by atoms with Gasteiger partial charge in [-0.2, -0.15) is 0 Å². The van der Waals surface area contributed by atoms with Gasteiger partial charge in [0.05, 0.1) is 11.6 Å². The lowest BCUT2D eigenvalue weighted by atomic mass is 10.0. The van der Waals surface area contributed by atoms with Crippen molar-refractivity contribution in [1.82, 2.24) is 10.2 Å². The number of rotatable bonds is 4. The third-order valence-electron chi connectivity index (χ3n) is 4.94. The number of nitrogens with one attached hydrogen (secondary N) is 1. The zero-order chi connectivity index (χ0) is 18.8. The Morgan fingerprint density at radius 2 is 1.89 bits per heavy atom. The van der Waals surface area contributed by atoms with Crippen LogP contribution in [0.15, 0.2) is 42.5 Å². The second-order valence-corrected chi connectivity index (χ2v) is 6.62. The van der Waals surface area contributed by atoms with Gasteiger partial charge in [0.15, 0.2) is 11.5 Å². The number of fused-ring (bicyclic) bond motifs is 1. The predicted octanol–water partition coefficient (Wildman–Crippen LogP) is 3.16. The molecule has 0 aromatic heterocycles. The van der Waals surface area contributed by atoms with E-state index in [1.807, 2.05) is 23.1 Å². The summed E-state index contributed by atoms with van der Waals surface area (Å²) >= 11 is 0. The summed E-state index contributed by atoms with van der Waals surface area (Å²) in [5.41, 5.74) is 2.12. The molecule has 0 spiro atoms. The maximum atomic E-state index is 12.7. The van der Waals surface area contributed by atoms with Crippen LogP contribution in [-0.4, -0.2) is 35.3 Å². The molecule has 0 saturated carbocycles. The number of carbonyl (C=O) groups is 2. The minimum atomic E-state index is -0.964. The van der Waals surface area contributed by atoms with Crippen molar-refractivity contribution >= 4 is 12.0 Å². The lowest BCUT2D eigenvalue weighted by Crippen LogP contribution is -2.39. The molecule has 0 radical (unpaired) electrons. The lowest BCUT2D eigenvalue weighted by Gasteiger charge is -2.25. The van der Waals surface area contributed by atoms with E-state index in [1.165, 1.54) is 12.1 Å². The topological polar surface area (TPSA) is 88.1 Å². The summed E-state index contributed by atoms with van der Waals surface area (Å²) in [5.74, 6) is 0.491. The maximum Gasteiger partial charge on any atom is 0.335 e. The monoisotopic (exact) mass is 368 g/mol. The van der Waals surface area contributed by atoms with Crippen molar-refractivity contribution in [1.29, 1.82) is 0 Å². The van der Waals surface area contributed by atoms with E-state index in [0.717, 1.165) is 35.5 Å². The first-order valence-electron chi connectivity index (χ1n) is 8.88. The molecule has 4 rings (SSSR count). The molecule has 1 fully saturated rings. The summed E-state index contributed by atoms with van der Waals surface area (Å²) in [6.07, 6.45) is 1.85. The van der Waals surface area contributed by atoms with Crippen LogP contribution in [0.4, 0.5) is 4.79 Å². The Balaban J connectivity index is 1.41. The van der Waals surface area contributed by atoms with Crippen LogP contribution in [-0.2, 0) is 6.54 Å². The average molecular weight is 368 g/mol. The molecule has 7 heteroatoms. The summed E-state index contributed by atoms with van der Waals surface area (Å²) in [6.45, 7) is 1.28. The van der Waals surface area contributed by atoms with Crippen molar-refractivity contribution in [3.63, 3.8) is 0 Å². The fourth-order valence-electron chi connectivity index (χ4n) is 3.52. The molecule has 0 aliphatic carbocycles. The molecule has 1 saturated heterocycles. The van der Waals surface area contributed by atoms with Gasteiger partial charge in [-0.1, -0.05) is 18.2 Å². The Hall–Kier alpha value is -3.22. The molecule has 27 heavy (non-hydrogen) atoms. The van der Waals surface area contributed by atoms with Crippen molar-refractivity contribution in [2.24, 2.45) is 0 Å². The molecule has 2 aromatic rings. The molecule has 2 aliphatic rings. The number of carbonyl (C=O) groups excluding carboxylic acids is 1. The van der Waals surface area contributed by atoms with Gasteiger partial charge in [-0.3, -0.25) is 0 Å². The molecule has 0 bridgehead atoms. The van der Waals surface area contributed by atoms with E-state index in [0.29, 0.717) is 13.1 Å². The second-order valence-electron chi connectivity index (χ2n) is 6.62. The molecule has 2 heterocycles. The molecule has 2 amide bonds. The number of urea groups is 1. The Labute approximate surface area is 156 Å². The van der Waals surface area contributed by atoms with E-state index in [2.05, 4.69) is 5.32 Å². The number of ether oxygens (including phenoxy) is 2. The highest BCUT2D eigenvalue weighted by Gasteiger charge is 2.31. The second kappa shape index (κ2) is 7.19. The van der Waals surface area contributed by atoms with Gasteiger partial charge >= 0.3 is 12.0 Å². The van der Waals surface area contributed by atoms with Gasteiger partial charge in [0.25, 0.3) is 0 Å². The first-order valence-corrected chi connectivity index (χ1v) is 8.88. The number of carboxylic acids is 1. The molecule has 1 atom stereocenters. The zero-order valence-electron chi connectivity index (χ0n) is 14.7. The summed E-state index contributed by atoms with van der Waals surface area (Å²) in [4.78, 5) is 25.4. The van der Waals surface area contributed by atoms with Gasteiger partial charge in [-0.25, -0.2) is 9.59 Å². The number of amides is 2. The fraction of sp³-hybridized carbons (Fsp3) is 0.300. The first kappa shape index (κ1) is 17.2. The summed E-state index contributed by atoms with van der Waals surface area (Å²) < 4.78 is 10.8. The van der Waals surface area contributed by atoms with E-state index < -0.39 is 5.97 Å². The van der Waals surface area contributed by atoms with Gasteiger partial charge in [0.1, 0.15) is 0 Å². The van der Waals surface area contributed by atoms with Crippen molar-refractivity contribution in [2.45, 2.75) is 25.4 Å². The third kappa shape index (κ3) is 3.53. The minimum absolute atomic E-state index is 0.00823. The van der Waals surface area contributed by atoms with Crippen LogP contribution in [0.1, 0.15) is 40.4 Å². The molecule has 2 aliphatic heterocycles. The number of benzene rings is 2. The van der Waals surface area contributed by atoms with Crippen LogP contribution < -0.4 is 14.8 Å². The summed E-state index contributed by atoms with van der Waals surface area (Å²) in [7, 11) is 0. The largest absolute Gasteiger partial charge is 0.478 e. The highest BCUT2D eigenvalue weighted by Crippen LogP contribution is 2.38. The van der Waals surface area contributed by atoms with Crippen LogP contribution in [0.5, 0.6) is 11.5 Å². The maximum absolute atomic E-state index is 12.7. The molecule has 1 unspecified atom stereocenters. The number of nitrogens with zero attached hydrogens (tertiary/aromatic N) is 1. The van der Waals surface area contributed by atoms with E-state index in [1.54, 1.807) is 12.1 Å². The van der Waals surface area contributed by atoms with Crippen molar-refractivity contribution in [2.75, 3.05) is 13.3 Å². The van der Waals surface area contributed by atoms with Crippen LogP contribution in [0.25, 0.3) is 0 Å². The van der Waals surface area contributed by atoms with Crippen LogP contribution in [0.2, 0.25) is 0 Å². The van der Waals surface area contributed by atoms with Crippen LogP contribution >= 0.6 is 0 Å². The molecular formula is C20H20N2O5. The third-order valence-corrected chi connectivity index (χ3v) is 4.94. The average Bonchev–Trinajstić information content (AvgIpc) is 3.34. The highest BCUT2D eigenvalue weighted by atomic mass is 16.7. The van der Waals surface area contributed by atoms with Crippen LogP contribution in [0.3, 0.4) is 0 Å². The zero-order valence-corrected chi connectivity index (χ0v) is 14.7. The number of aromatic carboxylic acids is 1. The Morgan fingerprint density at radius 3 is 2.67 bits per heavy atom. The summed E-state index contributed by atoms with van der Waals surface area (Å²) in [5, 5.41) is 11.9. The Bertz CT molecular complexity index is 865. The van der Waals surface area contributed by atoms with Crippen LogP contribution in [0, 0.1) is 0 Å².